The predicted octanol–water partition coefficient (Wildman–Crippen LogP) is 6.13. The van der Waals surface area contributed by atoms with Gasteiger partial charge in [0.2, 0.25) is 0 Å². The largest absolute Gasteiger partial charge is 0.316 e. The number of fused-ring (bicyclic) bond motifs is 1. The van der Waals surface area contributed by atoms with Gasteiger partial charge in [-0.3, -0.25) is 9.36 Å². The number of nitrogens with zero attached hydrogens (tertiary/aromatic N) is 4. The maximum absolute atomic E-state index is 13.3. The average Bonchev–Trinajstić information content (AvgIpc) is 2.69. The van der Waals surface area contributed by atoms with Crippen LogP contribution in [0.1, 0.15) is 11.3 Å². The molecule has 1 N–H and O–H groups in total. The molecule has 0 saturated carbocycles. The molecule has 144 valence electrons. The third-order valence-corrected chi connectivity index (χ3v) is 5.08. The summed E-state index contributed by atoms with van der Waals surface area (Å²) in [6.07, 6.45) is 0. The molecule has 0 aliphatic carbocycles. The van der Waals surface area contributed by atoms with Crippen LogP contribution in [0, 0.1) is 18.6 Å². The molecule has 0 saturated heterocycles. The number of aromatic nitrogens is 3. The second kappa shape index (κ2) is 7.69. The highest BCUT2D eigenvalue weighted by Crippen LogP contribution is 2.28. The first-order chi connectivity index (χ1) is 14.0. The molecule has 6 nitrogen and oxygen atoms in total. The fraction of sp³-hybridized carbons (Fsp3) is 0.0952. The molecular formula is C21H16ClN5OS. The number of aryl methyl sites for hydroxylation is 2. The van der Waals surface area contributed by atoms with Gasteiger partial charge in [-0.25, -0.2) is 4.98 Å². The molecule has 2 aromatic carbocycles. The summed E-state index contributed by atoms with van der Waals surface area (Å²) in [4.78, 5) is 20.9. The zero-order valence-electron chi connectivity index (χ0n) is 15.7. The van der Waals surface area contributed by atoms with Crippen molar-refractivity contribution in [3.63, 3.8) is 0 Å². The Hall–Kier alpha value is -3.16. The summed E-state index contributed by atoms with van der Waals surface area (Å²) >= 11 is 11.4. The molecule has 0 aliphatic heterocycles. The monoisotopic (exact) mass is 421 g/mol. The summed E-state index contributed by atoms with van der Waals surface area (Å²) in [6, 6.07) is 16.3. The quantitative estimate of drug-likeness (QED) is 0.319. The van der Waals surface area contributed by atoms with Crippen molar-refractivity contribution in [2.45, 2.75) is 13.8 Å². The van der Waals surface area contributed by atoms with Gasteiger partial charge in [-0.15, -0.1) is 5.11 Å². The van der Waals surface area contributed by atoms with Crippen molar-refractivity contribution in [2.24, 2.45) is 10.2 Å². The van der Waals surface area contributed by atoms with Crippen LogP contribution in [-0.2, 0) is 0 Å². The molecule has 0 bridgehead atoms. The number of aromatic amines is 1. The van der Waals surface area contributed by atoms with Crippen LogP contribution in [0.5, 0.6) is 0 Å². The van der Waals surface area contributed by atoms with Gasteiger partial charge in [-0.05, 0) is 68.0 Å². The molecule has 4 aromatic rings. The molecule has 0 amide bonds. The van der Waals surface area contributed by atoms with Crippen LogP contribution < -0.4 is 5.56 Å². The third-order valence-electron chi connectivity index (χ3n) is 4.54. The number of hydrogen-bond donors (Lipinski definition) is 1. The minimum absolute atomic E-state index is 0.259. The van der Waals surface area contributed by atoms with Crippen molar-refractivity contribution in [2.75, 3.05) is 0 Å². The number of pyridine rings is 1. The van der Waals surface area contributed by atoms with Crippen LogP contribution in [0.2, 0.25) is 5.02 Å². The van der Waals surface area contributed by atoms with Gasteiger partial charge in [0.25, 0.3) is 5.56 Å². The first kappa shape index (κ1) is 19.2. The maximum atomic E-state index is 13.3. The Kier molecular flexibility index (Phi) is 5.08. The van der Waals surface area contributed by atoms with Crippen molar-refractivity contribution >= 4 is 46.2 Å². The molecule has 0 unspecified atom stereocenters. The van der Waals surface area contributed by atoms with E-state index in [4.69, 9.17) is 23.8 Å². The highest BCUT2D eigenvalue weighted by Gasteiger charge is 2.16. The lowest BCUT2D eigenvalue weighted by atomic mass is 10.1. The van der Waals surface area contributed by atoms with E-state index >= 15 is 0 Å². The van der Waals surface area contributed by atoms with Gasteiger partial charge in [-0.2, -0.15) is 5.11 Å². The average molecular weight is 422 g/mol. The van der Waals surface area contributed by atoms with Gasteiger partial charge >= 0.3 is 0 Å². The first-order valence-electron chi connectivity index (χ1n) is 8.84. The highest BCUT2D eigenvalue weighted by molar-refractivity contribution is 7.71. The van der Waals surface area contributed by atoms with Gasteiger partial charge in [-0.1, -0.05) is 29.8 Å². The van der Waals surface area contributed by atoms with Crippen LogP contribution in [-0.4, -0.2) is 14.5 Å². The van der Waals surface area contributed by atoms with E-state index in [1.807, 2.05) is 44.2 Å². The molecule has 2 aromatic heterocycles. The highest BCUT2D eigenvalue weighted by atomic mass is 35.5. The molecule has 29 heavy (non-hydrogen) atoms. The molecule has 0 fully saturated rings. The van der Waals surface area contributed by atoms with Crippen LogP contribution >= 0.6 is 23.8 Å². The first-order valence-corrected chi connectivity index (χ1v) is 9.63. The van der Waals surface area contributed by atoms with Gasteiger partial charge in [0.1, 0.15) is 11.3 Å². The molecule has 0 atom stereocenters. The normalized spacial score (nSPS) is 11.4. The molecule has 8 heteroatoms. The Morgan fingerprint density at radius 3 is 2.41 bits per heavy atom. The van der Waals surface area contributed by atoms with Gasteiger partial charge in [0.15, 0.2) is 4.77 Å². The Bertz CT molecular complexity index is 1360. The minimum Gasteiger partial charge on any atom is -0.316 e. The summed E-state index contributed by atoms with van der Waals surface area (Å²) in [6.45, 7) is 3.66. The van der Waals surface area contributed by atoms with E-state index in [-0.39, 0.29) is 10.3 Å². The SMILES string of the molecule is Cc1nc2[nH]c(=S)n(-c3ccc(Cl)cc3)c(=O)c2c(C)c1N=Nc1ccccc1. The fourth-order valence-corrected chi connectivity index (χ4v) is 3.54. The molecular weight excluding hydrogens is 406 g/mol. The van der Waals surface area contributed by atoms with Gasteiger partial charge < -0.3 is 4.98 Å². The smallest absolute Gasteiger partial charge is 0.268 e. The zero-order chi connectivity index (χ0) is 20.5. The topological polar surface area (TPSA) is 75.4 Å². The van der Waals surface area contributed by atoms with Crippen molar-refractivity contribution in [3.8, 4) is 5.69 Å². The summed E-state index contributed by atoms with van der Waals surface area (Å²) < 4.78 is 1.69. The standard InChI is InChI=1S/C21H16ClN5OS/c1-12-17-19(23-13(2)18(12)26-25-15-6-4-3-5-7-15)24-21(29)27(20(17)28)16-10-8-14(22)9-11-16/h3-11H,1-2H3,(H,23,24,29). The second-order valence-corrected chi connectivity index (χ2v) is 7.30. The summed E-state index contributed by atoms with van der Waals surface area (Å²) in [7, 11) is 0. The van der Waals surface area contributed by atoms with Crippen molar-refractivity contribution < 1.29 is 0 Å². The number of hydrogen-bond acceptors (Lipinski definition) is 5. The molecule has 0 aliphatic rings. The van der Waals surface area contributed by atoms with Crippen molar-refractivity contribution in [1.29, 1.82) is 0 Å². The maximum Gasteiger partial charge on any atom is 0.268 e. The lowest BCUT2D eigenvalue weighted by Gasteiger charge is -2.11. The Morgan fingerprint density at radius 1 is 1.03 bits per heavy atom. The number of nitrogens with one attached hydrogen (secondary N) is 1. The lowest BCUT2D eigenvalue weighted by Crippen LogP contribution is -2.22. The van der Waals surface area contributed by atoms with Gasteiger partial charge in [0, 0.05) is 5.02 Å². The van der Waals surface area contributed by atoms with E-state index in [1.165, 1.54) is 4.57 Å². The Balaban J connectivity index is 1.95. The van der Waals surface area contributed by atoms with Crippen molar-refractivity contribution in [3.05, 3.63) is 86.0 Å². The number of rotatable bonds is 3. The van der Waals surface area contributed by atoms with Crippen LogP contribution in [0.25, 0.3) is 16.7 Å². The van der Waals surface area contributed by atoms with E-state index in [1.54, 1.807) is 24.3 Å². The van der Waals surface area contributed by atoms with Gasteiger partial charge in [0.05, 0.1) is 22.5 Å². The number of halogens is 1. The Morgan fingerprint density at radius 2 is 1.72 bits per heavy atom. The summed E-state index contributed by atoms with van der Waals surface area (Å²) in [5, 5.41) is 9.63. The van der Waals surface area contributed by atoms with Crippen LogP contribution in [0.15, 0.2) is 69.6 Å². The summed E-state index contributed by atoms with van der Waals surface area (Å²) in [5.41, 5.74) is 3.40. The summed E-state index contributed by atoms with van der Waals surface area (Å²) in [5.74, 6) is 0. The number of H-pyrrole nitrogens is 1. The molecule has 2 heterocycles. The van der Waals surface area contributed by atoms with E-state index < -0.39 is 0 Å². The third kappa shape index (κ3) is 3.62. The number of azo groups is 1. The molecule has 4 rings (SSSR count). The second-order valence-electron chi connectivity index (χ2n) is 6.48. The fourth-order valence-electron chi connectivity index (χ4n) is 3.13. The molecule has 0 radical (unpaired) electrons. The lowest BCUT2D eigenvalue weighted by molar-refractivity contribution is 0.928. The van der Waals surface area contributed by atoms with Crippen LogP contribution in [0.3, 0.4) is 0 Å². The van der Waals surface area contributed by atoms with E-state index in [0.29, 0.717) is 38.7 Å². The van der Waals surface area contributed by atoms with E-state index in [2.05, 4.69) is 20.2 Å². The number of benzene rings is 2. The van der Waals surface area contributed by atoms with Crippen molar-refractivity contribution in [1.82, 2.24) is 14.5 Å². The molecule has 0 spiro atoms. The van der Waals surface area contributed by atoms with E-state index in [9.17, 15) is 4.79 Å². The Labute approximate surface area is 176 Å². The van der Waals surface area contributed by atoms with E-state index in [0.717, 1.165) is 5.69 Å². The zero-order valence-corrected chi connectivity index (χ0v) is 17.3. The van der Waals surface area contributed by atoms with Crippen LogP contribution in [0.4, 0.5) is 11.4 Å². The predicted molar refractivity (Wildman–Crippen MR) is 118 cm³/mol. The minimum atomic E-state index is -0.271.